The number of benzene rings is 2. The fraction of sp³-hybridized carbons (Fsp3) is 0.286. The number of halogens is 2. The number of hydrogen-bond acceptors (Lipinski definition) is 4. The Morgan fingerprint density at radius 3 is 2.39 bits per heavy atom. The topological polar surface area (TPSA) is 72.5 Å². The summed E-state index contributed by atoms with van der Waals surface area (Å²) in [5.41, 5.74) is 0.940. The Kier molecular flexibility index (Phi) is 7.70. The zero-order valence-electron chi connectivity index (χ0n) is 15.6. The largest absolute Gasteiger partial charge is 0.457 e. The van der Waals surface area contributed by atoms with E-state index in [2.05, 4.69) is 5.32 Å². The van der Waals surface area contributed by atoms with E-state index in [1.54, 1.807) is 12.1 Å². The van der Waals surface area contributed by atoms with E-state index in [9.17, 15) is 18.8 Å². The second-order valence-corrected chi connectivity index (χ2v) is 7.09. The summed E-state index contributed by atoms with van der Waals surface area (Å²) in [7, 11) is 0. The van der Waals surface area contributed by atoms with Crippen LogP contribution in [0.2, 0.25) is 5.02 Å². The highest BCUT2D eigenvalue weighted by atomic mass is 35.5. The Labute approximate surface area is 167 Å². The lowest BCUT2D eigenvalue weighted by Crippen LogP contribution is -2.17. The molecule has 148 valence electrons. The van der Waals surface area contributed by atoms with Crippen molar-refractivity contribution in [2.24, 2.45) is 5.92 Å². The van der Waals surface area contributed by atoms with E-state index in [4.69, 9.17) is 16.3 Å². The minimum atomic E-state index is -0.752. The highest BCUT2D eigenvalue weighted by Gasteiger charge is 2.15. The highest BCUT2D eigenvalue weighted by Crippen LogP contribution is 2.20. The van der Waals surface area contributed by atoms with E-state index in [1.807, 2.05) is 13.8 Å². The SMILES string of the molecule is CC(C)CC(=O)Nc1ccc(C(=O)COC(=O)Cc2c(F)cccc2Cl)cc1. The lowest BCUT2D eigenvalue weighted by atomic mass is 10.1. The van der Waals surface area contributed by atoms with Crippen LogP contribution in [0.4, 0.5) is 10.1 Å². The van der Waals surface area contributed by atoms with Gasteiger partial charge in [0.25, 0.3) is 0 Å². The molecule has 0 bridgehead atoms. The second-order valence-electron chi connectivity index (χ2n) is 6.68. The fourth-order valence-electron chi connectivity index (χ4n) is 2.45. The van der Waals surface area contributed by atoms with Crippen LogP contribution in [0.3, 0.4) is 0 Å². The number of ether oxygens (including phenoxy) is 1. The third-order valence-electron chi connectivity index (χ3n) is 3.83. The molecule has 0 radical (unpaired) electrons. The Bertz CT molecular complexity index is 845. The van der Waals surface area contributed by atoms with Crippen LogP contribution in [0.25, 0.3) is 0 Å². The molecular formula is C21H21ClFNO4. The van der Waals surface area contributed by atoms with E-state index < -0.39 is 24.2 Å². The summed E-state index contributed by atoms with van der Waals surface area (Å²) in [6.07, 6.45) is 0.0439. The summed E-state index contributed by atoms with van der Waals surface area (Å²) in [6, 6.07) is 10.4. The average Bonchev–Trinajstić information content (AvgIpc) is 2.63. The minimum absolute atomic E-state index is 0.0307. The van der Waals surface area contributed by atoms with Gasteiger partial charge in [0.05, 0.1) is 6.42 Å². The van der Waals surface area contributed by atoms with E-state index in [1.165, 1.54) is 30.3 Å². The summed E-state index contributed by atoms with van der Waals surface area (Å²) in [4.78, 5) is 35.8. The van der Waals surface area contributed by atoms with Crippen molar-refractivity contribution in [1.82, 2.24) is 0 Å². The maximum atomic E-state index is 13.7. The van der Waals surface area contributed by atoms with Crippen LogP contribution in [0.5, 0.6) is 0 Å². The van der Waals surface area contributed by atoms with Crippen molar-refractivity contribution < 1.29 is 23.5 Å². The predicted octanol–water partition coefficient (Wildman–Crippen LogP) is 4.43. The third kappa shape index (κ3) is 6.46. The number of ketones is 1. The van der Waals surface area contributed by atoms with Crippen LogP contribution in [0.15, 0.2) is 42.5 Å². The van der Waals surface area contributed by atoms with E-state index >= 15 is 0 Å². The number of carbonyl (C=O) groups excluding carboxylic acids is 3. The number of amides is 1. The van der Waals surface area contributed by atoms with Crippen molar-refractivity contribution >= 4 is 34.9 Å². The molecule has 0 saturated heterocycles. The molecule has 0 saturated carbocycles. The number of anilines is 1. The van der Waals surface area contributed by atoms with Gasteiger partial charge in [-0.1, -0.05) is 31.5 Å². The first-order valence-electron chi connectivity index (χ1n) is 8.78. The van der Waals surface area contributed by atoms with E-state index in [-0.39, 0.29) is 28.8 Å². The smallest absolute Gasteiger partial charge is 0.310 e. The molecule has 1 amide bonds. The molecule has 5 nitrogen and oxygen atoms in total. The number of hydrogen-bond donors (Lipinski definition) is 1. The van der Waals surface area contributed by atoms with Crippen LogP contribution < -0.4 is 5.32 Å². The van der Waals surface area contributed by atoms with Gasteiger partial charge >= 0.3 is 5.97 Å². The Hall–Kier alpha value is -2.73. The lowest BCUT2D eigenvalue weighted by molar-refractivity contribution is -0.141. The zero-order valence-corrected chi connectivity index (χ0v) is 16.4. The number of carbonyl (C=O) groups is 3. The standard InChI is InChI=1S/C21H21ClFNO4/c1-13(2)10-20(26)24-15-8-6-14(7-9-15)19(25)12-28-21(27)11-16-17(22)4-3-5-18(16)23/h3-9,13H,10-12H2,1-2H3,(H,24,26). The monoisotopic (exact) mass is 405 g/mol. The van der Waals surface area contributed by atoms with Crippen molar-refractivity contribution in [2.45, 2.75) is 26.7 Å². The Balaban J connectivity index is 1.87. The third-order valence-corrected chi connectivity index (χ3v) is 4.19. The van der Waals surface area contributed by atoms with Gasteiger partial charge in [0.15, 0.2) is 12.4 Å². The van der Waals surface area contributed by atoms with Gasteiger partial charge in [-0.05, 0) is 42.3 Å². The molecule has 0 aliphatic rings. The molecule has 0 fully saturated rings. The minimum Gasteiger partial charge on any atom is -0.457 e. The van der Waals surface area contributed by atoms with Crippen LogP contribution in [-0.2, 0) is 20.7 Å². The molecule has 2 aromatic carbocycles. The normalized spacial score (nSPS) is 10.6. The van der Waals surface area contributed by atoms with Gasteiger partial charge in [0.2, 0.25) is 5.91 Å². The van der Waals surface area contributed by atoms with Gasteiger partial charge < -0.3 is 10.1 Å². The van der Waals surface area contributed by atoms with Crippen LogP contribution in [0, 0.1) is 11.7 Å². The molecule has 0 aromatic heterocycles. The fourth-order valence-corrected chi connectivity index (χ4v) is 2.68. The van der Waals surface area contributed by atoms with E-state index in [0.29, 0.717) is 17.7 Å². The van der Waals surface area contributed by atoms with Crippen LogP contribution in [0.1, 0.15) is 36.2 Å². The first-order chi connectivity index (χ1) is 13.3. The molecular weight excluding hydrogens is 385 g/mol. The molecule has 7 heteroatoms. The second kappa shape index (κ2) is 9.99. The van der Waals surface area contributed by atoms with Gasteiger partial charge in [0, 0.05) is 28.3 Å². The molecule has 0 spiro atoms. The molecule has 0 heterocycles. The first kappa shape index (κ1) is 21.6. The maximum absolute atomic E-state index is 13.7. The van der Waals surface area contributed by atoms with Crippen molar-refractivity contribution in [3.63, 3.8) is 0 Å². The lowest BCUT2D eigenvalue weighted by Gasteiger charge is -2.09. The van der Waals surface area contributed by atoms with Gasteiger partial charge in [-0.2, -0.15) is 0 Å². The molecule has 2 aromatic rings. The van der Waals surface area contributed by atoms with Crippen LogP contribution >= 0.6 is 11.6 Å². The number of rotatable bonds is 8. The molecule has 0 atom stereocenters. The first-order valence-corrected chi connectivity index (χ1v) is 9.15. The van der Waals surface area contributed by atoms with Crippen molar-refractivity contribution in [1.29, 1.82) is 0 Å². The van der Waals surface area contributed by atoms with Gasteiger partial charge in [-0.25, -0.2) is 4.39 Å². The highest BCUT2D eigenvalue weighted by molar-refractivity contribution is 6.31. The molecule has 0 aliphatic carbocycles. The van der Waals surface area contributed by atoms with E-state index in [0.717, 1.165) is 0 Å². The summed E-state index contributed by atoms with van der Waals surface area (Å²) < 4.78 is 18.6. The zero-order chi connectivity index (χ0) is 20.7. The molecule has 0 unspecified atom stereocenters. The predicted molar refractivity (Wildman–Crippen MR) is 105 cm³/mol. The molecule has 0 aliphatic heterocycles. The quantitative estimate of drug-likeness (QED) is 0.520. The Morgan fingerprint density at radius 1 is 1.11 bits per heavy atom. The molecule has 1 N–H and O–H groups in total. The van der Waals surface area contributed by atoms with Gasteiger partial charge in [-0.15, -0.1) is 0 Å². The van der Waals surface area contributed by atoms with Crippen molar-refractivity contribution in [3.8, 4) is 0 Å². The number of Topliss-reactive ketones (excluding diaryl/α,β-unsaturated/α-hetero) is 1. The average molecular weight is 406 g/mol. The molecule has 2 rings (SSSR count). The summed E-state index contributed by atoms with van der Waals surface area (Å²) >= 11 is 5.87. The summed E-state index contributed by atoms with van der Waals surface area (Å²) in [5.74, 6) is -1.62. The summed E-state index contributed by atoms with van der Waals surface area (Å²) in [5, 5.41) is 2.87. The number of esters is 1. The maximum Gasteiger partial charge on any atom is 0.310 e. The van der Waals surface area contributed by atoms with Crippen molar-refractivity contribution in [2.75, 3.05) is 11.9 Å². The van der Waals surface area contributed by atoms with Crippen LogP contribution in [-0.4, -0.2) is 24.3 Å². The van der Waals surface area contributed by atoms with Gasteiger partial charge in [0.1, 0.15) is 5.82 Å². The van der Waals surface area contributed by atoms with Gasteiger partial charge in [-0.3, -0.25) is 14.4 Å². The Morgan fingerprint density at radius 2 is 1.79 bits per heavy atom. The summed E-state index contributed by atoms with van der Waals surface area (Å²) in [6.45, 7) is 3.43. The number of nitrogens with one attached hydrogen (secondary N) is 1. The molecule has 28 heavy (non-hydrogen) atoms. The van der Waals surface area contributed by atoms with Crippen molar-refractivity contribution in [3.05, 3.63) is 64.4 Å².